The first-order valence-electron chi connectivity index (χ1n) is 5.07. The van der Waals surface area contributed by atoms with E-state index in [2.05, 4.69) is 4.98 Å². The lowest BCUT2D eigenvalue weighted by Gasteiger charge is -2.27. The highest BCUT2D eigenvalue weighted by molar-refractivity contribution is 5.84. The Labute approximate surface area is 88.9 Å². The molecular formula is C11H14N2O2. The Bertz CT molecular complexity index is 365. The molecule has 0 aliphatic carbocycles. The van der Waals surface area contributed by atoms with Crippen molar-refractivity contribution < 1.29 is 9.53 Å². The lowest BCUT2D eigenvalue weighted by molar-refractivity contribution is -0.118. The van der Waals surface area contributed by atoms with Crippen LogP contribution in [0.5, 0.6) is 5.75 Å². The van der Waals surface area contributed by atoms with Crippen LogP contribution < -0.4 is 9.64 Å². The number of methoxy groups -OCH3 is 1. The summed E-state index contributed by atoms with van der Waals surface area (Å²) >= 11 is 0. The lowest BCUT2D eigenvalue weighted by Crippen LogP contribution is -2.36. The van der Waals surface area contributed by atoms with Gasteiger partial charge in [0.2, 0.25) is 0 Å². The number of anilines is 1. The van der Waals surface area contributed by atoms with E-state index >= 15 is 0 Å². The van der Waals surface area contributed by atoms with Crippen LogP contribution in [0.15, 0.2) is 18.3 Å². The molecule has 0 bridgehead atoms. The molecule has 80 valence electrons. The summed E-state index contributed by atoms with van der Waals surface area (Å²) in [6, 6.07) is 3.69. The Kier molecular flexibility index (Phi) is 2.85. The van der Waals surface area contributed by atoms with Crippen LogP contribution in [0, 0.1) is 0 Å². The van der Waals surface area contributed by atoms with Crippen molar-refractivity contribution in [2.24, 2.45) is 0 Å². The third-order valence-electron chi connectivity index (χ3n) is 2.52. The van der Waals surface area contributed by atoms with Crippen LogP contribution in [-0.2, 0) is 4.79 Å². The molecule has 1 saturated heterocycles. The topological polar surface area (TPSA) is 42.4 Å². The van der Waals surface area contributed by atoms with Gasteiger partial charge in [-0.15, -0.1) is 0 Å². The zero-order chi connectivity index (χ0) is 10.7. The molecule has 1 aliphatic rings. The van der Waals surface area contributed by atoms with Gasteiger partial charge in [-0.2, -0.15) is 0 Å². The van der Waals surface area contributed by atoms with Crippen LogP contribution >= 0.6 is 0 Å². The normalized spacial score (nSPS) is 16.6. The Morgan fingerprint density at radius 1 is 1.53 bits per heavy atom. The highest BCUT2D eigenvalue weighted by Gasteiger charge is 2.20. The second-order valence-corrected chi connectivity index (χ2v) is 3.59. The third kappa shape index (κ3) is 2.09. The summed E-state index contributed by atoms with van der Waals surface area (Å²) in [6.07, 6.45) is 3.31. The van der Waals surface area contributed by atoms with E-state index in [1.807, 2.05) is 17.0 Å². The van der Waals surface area contributed by atoms with E-state index < -0.39 is 0 Å². The standard InChI is InChI=1S/C11H14N2O2/c1-15-10-5-2-6-12-11(10)13-7-3-4-9(14)8-13/h2,5-6H,3-4,7-8H2,1H3. The van der Waals surface area contributed by atoms with Gasteiger partial charge in [-0.1, -0.05) is 0 Å². The minimum Gasteiger partial charge on any atom is -0.493 e. The third-order valence-corrected chi connectivity index (χ3v) is 2.52. The number of piperidine rings is 1. The number of hydrogen-bond acceptors (Lipinski definition) is 4. The van der Waals surface area contributed by atoms with E-state index in [1.54, 1.807) is 13.3 Å². The number of carbonyl (C=O) groups excluding carboxylic acids is 1. The first kappa shape index (κ1) is 9.96. The van der Waals surface area contributed by atoms with Gasteiger partial charge in [-0.25, -0.2) is 4.98 Å². The number of nitrogens with zero attached hydrogens (tertiary/aromatic N) is 2. The fourth-order valence-corrected chi connectivity index (χ4v) is 1.80. The van der Waals surface area contributed by atoms with Crippen LogP contribution in [0.3, 0.4) is 0 Å². The van der Waals surface area contributed by atoms with E-state index in [0.29, 0.717) is 13.0 Å². The van der Waals surface area contributed by atoms with Crippen LogP contribution in [0.1, 0.15) is 12.8 Å². The highest BCUT2D eigenvalue weighted by Crippen LogP contribution is 2.26. The number of hydrogen-bond donors (Lipinski definition) is 0. The molecule has 0 radical (unpaired) electrons. The van der Waals surface area contributed by atoms with E-state index in [9.17, 15) is 4.79 Å². The summed E-state index contributed by atoms with van der Waals surface area (Å²) in [7, 11) is 1.62. The quantitative estimate of drug-likeness (QED) is 0.730. The second-order valence-electron chi connectivity index (χ2n) is 3.59. The predicted molar refractivity (Wildman–Crippen MR) is 57.2 cm³/mol. The number of rotatable bonds is 2. The van der Waals surface area contributed by atoms with Crippen molar-refractivity contribution in [2.75, 3.05) is 25.1 Å². The van der Waals surface area contributed by atoms with Gasteiger partial charge in [0.1, 0.15) is 0 Å². The van der Waals surface area contributed by atoms with Gasteiger partial charge in [0.15, 0.2) is 17.4 Å². The average molecular weight is 206 g/mol. The molecule has 0 atom stereocenters. The zero-order valence-electron chi connectivity index (χ0n) is 8.77. The van der Waals surface area contributed by atoms with Crippen LogP contribution in [0.25, 0.3) is 0 Å². The number of ketones is 1. The number of pyridine rings is 1. The Morgan fingerprint density at radius 2 is 2.40 bits per heavy atom. The van der Waals surface area contributed by atoms with E-state index in [4.69, 9.17) is 4.74 Å². The van der Waals surface area contributed by atoms with Crippen molar-refractivity contribution in [3.05, 3.63) is 18.3 Å². The molecule has 0 aromatic carbocycles. The largest absolute Gasteiger partial charge is 0.493 e. The molecule has 0 unspecified atom stereocenters. The summed E-state index contributed by atoms with van der Waals surface area (Å²) in [4.78, 5) is 17.6. The molecule has 2 heterocycles. The number of Topliss-reactive ketones (excluding diaryl/α,β-unsaturated/α-hetero) is 1. The van der Waals surface area contributed by atoms with Crippen LogP contribution in [0.4, 0.5) is 5.82 Å². The predicted octanol–water partition coefficient (Wildman–Crippen LogP) is 1.26. The molecular weight excluding hydrogens is 192 g/mol. The smallest absolute Gasteiger partial charge is 0.171 e. The van der Waals surface area contributed by atoms with Gasteiger partial charge >= 0.3 is 0 Å². The zero-order valence-corrected chi connectivity index (χ0v) is 8.77. The van der Waals surface area contributed by atoms with Crippen LogP contribution in [0.2, 0.25) is 0 Å². The summed E-state index contributed by atoms with van der Waals surface area (Å²) in [5.74, 6) is 1.77. The number of carbonyl (C=O) groups is 1. The summed E-state index contributed by atoms with van der Waals surface area (Å²) < 4.78 is 5.22. The summed E-state index contributed by atoms with van der Waals surface area (Å²) in [5, 5.41) is 0. The second kappa shape index (κ2) is 4.29. The fraction of sp³-hybridized carbons (Fsp3) is 0.455. The molecule has 1 aromatic rings. The molecule has 1 aliphatic heterocycles. The molecule has 0 spiro atoms. The van der Waals surface area contributed by atoms with Gasteiger partial charge in [0.25, 0.3) is 0 Å². The number of ether oxygens (including phenoxy) is 1. The maximum absolute atomic E-state index is 11.3. The molecule has 0 amide bonds. The van der Waals surface area contributed by atoms with E-state index in [-0.39, 0.29) is 5.78 Å². The molecule has 4 heteroatoms. The minimum atomic E-state index is 0.272. The minimum absolute atomic E-state index is 0.272. The maximum Gasteiger partial charge on any atom is 0.171 e. The van der Waals surface area contributed by atoms with Crippen molar-refractivity contribution in [3.8, 4) is 5.75 Å². The van der Waals surface area contributed by atoms with Crippen molar-refractivity contribution in [2.45, 2.75) is 12.8 Å². The first-order valence-corrected chi connectivity index (χ1v) is 5.07. The van der Waals surface area contributed by atoms with Gasteiger partial charge < -0.3 is 9.64 Å². The monoisotopic (exact) mass is 206 g/mol. The highest BCUT2D eigenvalue weighted by atomic mass is 16.5. The Hall–Kier alpha value is -1.58. The summed E-state index contributed by atoms with van der Waals surface area (Å²) in [5.41, 5.74) is 0. The SMILES string of the molecule is COc1cccnc1N1CCCC(=O)C1. The van der Waals surface area contributed by atoms with Gasteiger partial charge in [-0.3, -0.25) is 4.79 Å². The van der Waals surface area contributed by atoms with Crippen molar-refractivity contribution in [1.82, 2.24) is 4.98 Å². The number of aromatic nitrogens is 1. The van der Waals surface area contributed by atoms with Gasteiger partial charge in [0.05, 0.1) is 13.7 Å². The van der Waals surface area contributed by atoms with E-state index in [0.717, 1.165) is 24.5 Å². The van der Waals surface area contributed by atoms with Gasteiger partial charge in [-0.05, 0) is 18.6 Å². The molecule has 2 rings (SSSR count). The Morgan fingerprint density at radius 3 is 3.13 bits per heavy atom. The molecule has 1 aromatic heterocycles. The van der Waals surface area contributed by atoms with Crippen molar-refractivity contribution in [3.63, 3.8) is 0 Å². The fourth-order valence-electron chi connectivity index (χ4n) is 1.80. The maximum atomic E-state index is 11.3. The van der Waals surface area contributed by atoms with Crippen molar-refractivity contribution in [1.29, 1.82) is 0 Å². The van der Waals surface area contributed by atoms with Gasteiger partial charge in [0, 0.05) is 19.2 Å². The Balaban J connectivity index is 2.24. The molecule has 1 fully saturated rings. The van der Waals surface area contributed by atoms with E-state index in [1.165, 1.54) is 0 Å². The molecule has 0 N–H and O–H groups in total. The first-order chi connectivity index (χ1) is 7.31. The molecule has 15 heavy (non-hydrogen) atoms. The molecule has 0 saturated carbocycles. The summed E-state index contributed by atoms with van der Waals surface area (Å²) in [6.45, 7) is 1.33. The lowest BCUT2D eigenvalue weighted by atomic mass is 10.1. The molecule has 4 nitrogen and oxygen atoms in total. The van der Waals surface area contributed by atoms with Crippen LogP contribution in [-0.4, -0.2) is 31.0 Å². The average Bonchev–Trinajstić information content (AvgIpc) is 2.29. The van der Waals surface area contributed by atoms with Crippen molar-refractivity contribution >= 4 is 11.6 Å².